The fraction of sp³-hybridized carbons (Fsp3) is 0.118. The number of halogens is 2. The maximum atomic E-state index is 13.4. The van der Waals surface area contributed by atoms with Crippen molar-refractivity contribution in [3.8, 4) is 17.6 Å². The smallest absolute Gasteiger partial charge is 0.320 e. The minimum Gasteiger partial charge on any atom is -0.495 e. The minimum absolute atomic E-state index is 0.0138. The molecule has 0 bridgehead atoms. The Morgan fingerprint density at radius 2 is 1.83 bits per heavy atom. The van der Waals surface area contributed by atoms with Crippen molar-refractivity contribution in [2.24, 2.45) is 0 Å². The van der Waals surface area contributed by atoms with Crippen molar-refractivity contribution in [3.63, 3.8) is 0 Å². The molecule has 2 N–H and O–H groups in total. The maximum absolute atomic E-state index is 13.4. The van der Waals surface area contributed by atoms with Crippen LogP contribution in [0.15, 0.2) is 42.5 Å². The Morgan fingerprint density at radius 1 is 1.13 bits per heavy atom. The van der Waals surface area contributed by atoms with Gasteiger partial charge in [-0.25, -0.2) is 13.6 Å². The van der Waals surface area contributed by atoms with E-state index in [1.165, 1.54) is 13.2 Å². The summed E-state index contributed by atoms with van der Waals surface area (Å²) < 4.78 is 31.9. The second-order valence-corrected chi connectivity index (χ2v) is 4.41. The van der Waals surface area contributed by atoms with E-state index in [4.69, 9.17) is 4.74 Å². The number of hydrogen-bond acceptors (Lipinski definition) is 2. The third kappa shape index (κ3) is 4.45. The Bertz CT molecular complexity index is 746. The fourth-order valence-corrected chi connectivity index (χ4v) is 1.79. The number of anilines is 1. The highest BCUT2D eigenvalue weighted by atomic mass is 19.1. The third-order valence-corrected chi connectivity index (χ3v) is 2.87. The highest BCUT2D eigenvalue weighted by molar-refractivity contribution is 5.89. The van der Waals surface area contributed by atoms with Gasteiger partial charge in [-0.2, -0.15) is 0 Å². The lowest BCUT2D eigenvalue weighted by molar-refractivity contribution is 0.253. The number of carbonyl (C=O) groups is 1. The predicted octanol–water partition coefficient (Wildman–Crippen LogP) is 3.15. The summed E-state index contributed by atoms with van der Waals surface area (Å²) in [5.74, 6) is 4.50. The Kier molecular flexibility index (Phi) is 5.53. The van der Waals surface area contributed by atoms with Crippen LogP contribution in [0.4, 0.5) is 19.3 Å². The molecule has 6 heteroatoms. The topological polar surface area (TPSA) is 50.4 Å². The van der Waals surface area contributed by atoms with Gasteiger partial charge in [-0.3, -0.25) is 0 Å². The average Bonchev–Trinajstić information content (AvgIpc) is 2.55. The van der Waals surface area contributed by atoms with Gasteiger partial charge in [-0.15, -0.1) is 0 Å². The summed E-state index contributed by atoms with van der Waals surface area (Å²) in [5, 5.41) is 4.50. The van der Waals surface area contributed by atoms with Gasteiger partial charge in [0.2, 0.25) is 0 Å². The molecule has 4 nitrogen and oxygen atoms in total. The van der Waals surface area contributed by atoms with Crippen LogP contribution in [0.25, 0.3) is 0 Å². The van der Waals surface area contributed by atoms with Gasteiger partial charge in [-0.05, 0) is 24.3 Å². The summed E-state index contributed by atoms with van der Waals surface area (Å²) in [6.45, 7) is 0.0138. The van der Waals surface area contributed by atoms with Gasteiger partial charge in [0.05, 0.1) is 19.2 Å². The number of urea groups is 1. The molecule has 0 atom stereocenters. The Balaban J connectivity index is 1.92. The van der Waals surface area contributed by atoms with Crippen LogP contribution in [0.1, 0.15) is 5.56 Å². The number of ether oxygens (including phenoxy) is 1. The fourth-order valence-electron chi connectivity index (χ4n) is 1.79. The summed E-state index contributed by atoms with van der Waals surface area (Å²) in [7, 11) is 1.54. The van der Waals surface area contributed by atoms with Crippen LogP contribution < -0.4 is 15.4 Å². The van der Waals surface area contributed by atoms with Gasteiger partial charge in [0.15, 0.2) is 0 Å². The minimum atomic E-state index is -0.847. The average molecular weight is 316 g/mol. The summed E-state index contributed by atoms with van der Waals surface area (Å²) >= 11 is 0. The Morgan fingerprint density at radius 3 is 2.52 bits per heavy atom. The van der Waals surface area contributed by atoms with Crippen molar-refractivity contribution in [2.75, 3.05) is 19.0 Å². The molecule has 0 aromatic heterocycles. The molecule has 2 rings (SSSR count). The van der Waals surface area contributed by atoms with Crippen LogP contribution in [-0.4, -0.2) is 19.7 Å². The lowest BCUT2D eigenvalue weighted by atomic mass is 10.2. The molecule has 0 aliphatic heterocycles. The van der Waals surface area contributed by atoms with Crippen molar-refractivity contribution in [1.29, 1.82) is 0 Å². The third-order valence-electron chi connectivity index (χ3n) is 2.87. The molecule has 0 heterocycles. The second-order valence-electron chi connectivity index (χ2n) is 4.41. The van der Waals surface area contributed by atoms with Crippen molar-refractivity contribution in [3.05, 3.63) is 59.7 Å². The molecule has 0 aliphatic carbocycles. The van der Waals surface area contributed by atoms with Crippen LogP contribution >= 0.6 is 0 Å². The van der Waals surface area contributed by atoms with E-state index in [0.29, 0.717) is 11.3 Å². The molecular formula is C17H14F2N2O2. The van der Waals surface area contributed by atoms with Crippen LogP contribution in [0.2, 0.25) is 0 Å². The molecule has 0 fully saturated rings. The zero-order chi connectivity index (χ0) is 16.7. The zero-order valence-corrected chi connectivity index (χ0v) is 12.3. The molecule has 0 saturated carbocycles. The number of hydrogen-bond donors (Lipinski definition) is 2. The van der Waals surface area contributed by atoms with E-state index in [2.05, 4.69) is 22.5 Å². The van der Waals surface area contributed by atoms with Crippen molar-refractivity contribution in [2.45, 2.75) is 0 Å². The van der Waals surface area contributed by atoms with Gasteiger partial charge < -0.3 is 15.4 Å². The first kappa shape index (κ1) is 16.3. The monoisotopic (exact) mass is 316 g/mol. The summed E-state index contributed by atoms with van der Waals surface area (Å²) in [5.41, 5.74) is 0.181. The highest BCUT2D eigenvalue weighted by Gasteiger charge is 2.10. The van der Waals surface area contributed by atoms with Gasteiger partial charge in [0.25, 0.3) is 0 Å². The van der Waals surface area contributed by atoms with E-state index in [0.717, 1.165) is 12.1 Å². The van der Waals surface area contributed by atoms with Gasteiger partial charge in [0.1, 0.15) is 23.1 Å². The predicted molar refractivity (Wildman–Crippen MR) is 83.3 cm³/mol. The number of nitrogens with one attached hydrogen (secondary N) is 2. The highest BCUT2D eigenvalue weighted by Crippen LogP contribution is 2.17. The van der Waals surface area contributed by atoms with E-state index in [1.807, 2.05) is 12.1 Å². The van der Waals surface area contributed by atoms with E-state index in [1.54, 1.807) is 12.1 Å². The molecule has 0 saturated heterocycles. The lowest BCUT2D eigenvalue weighted by Gasteiger charge is -2.07. The SMILES string of the molecule is COc1ccccc1C#CCNC(=O)Nc1c(F)cccc1F. The van der Waals surface area contributed by atoms with E-state index >= 15 is 0 Å². The molecule has 0 radical (unpaired) electrons. The summed E-state index contributed by atoms with van der Waals surface area (Å²) in [6, 6.07) is 9.76. The molecule has 2 aromatic carbocycles. The zero-order valence-electron chi connectivity index (χ0n) is 12.3. The number of rotatable bonds is 3. The van der Waals surface area contributed by atoms with Crippen LogP contribution in [0.5, 0.6) is 5.75 Å². The molecule has 0 spiro atoms. The van der Waals surface area contributed by atoms with Gasteiger partial charge in [-0.1, -0.05) is 30.0 Å². The first-order valence-electron chi connectivity index (χ1n) is 6.72. The summed E-state index contributed by atoms with van der Waals surface area (Å²) in [4.78, 5) is 11.6. The number of amides is 2. The second kappa shape index (κ2) is 7.80. The molecule has 0 unspecified atom stereocenters. The van der Waals surface area contributed by atoms with Crippen LogP contribution in [-0.2, 0) is 0 Å². The molecule has 0 aliphatic rings. The number of methoxy groups -OCH3 is 1. The molecule has 118 valence electrons. The number of carbonyl (C=O) groups excluding carboxylic acids is 1. The number of para-hydroxylation sites is 2. The normalized spacial score (nSPS) is 9.52. The number of benzene rings is 2. The van der Waals surface area contributed by atoms with E-state index < -0.39 is 23.4 Å². The largest absolute Gasteiger partial charge is 0.495 e. The van der Waals surface area contributed by atoms with Gasteiger partial charge >= 0.3 is 6.03 Å². The molecular weight excluding hydrogens is 302 g/mol. The van der Waals surface area contributed by atoms with Crippen LogP contribution in [0.3, 0.4) is 0 Å². The van der Waals surface area contributed by atoms with Gasteiger partial charge in [0, 0.05) is 0 Å². The van der Waals surface area contributed by atoms with Crippen molar-refractivity contribution in [1.82, 2.24) is 5.32 Å². The first-order valence-corrected chi connectivity index (χ1v) is 6.72. The molecule has 2 aromatic rings. The molecule has 23 heavy (non-hydrogen) atoms. The maximum Gasteiger partial charge on any atom is 0.320 e. The quantitative estimate of drug-likeness (QED) is 0.855. The Hall–Kier alpha value is -3.07. The van der Waals surface area contributed by atoms with Crippen LogP contribution in [0, 0.1) is 23.5 Å². The van der Waals surface area contributed by atoms with Crippen molar-refractivity contribution < 1.29 is 18.3 Å². The van der Waals surface area contributed by atoms with E-state index in [-0.39, 0.29) is 6.54 Å². The standard InChI is InChI=1S/C17H14F2N2O2/c1-23-15-10-3-2-6-12(15)7-5-11-20-17(22)21-16-13(18)8-4-9-14(16)19/h2-4,6,8-10H,11H2,1H3,(H2,20,21,22). The Labute approximate surface area is 132 Å². The lowest BCUT2D eigenvalue weighted by Crippen LogP contribution is -2.29. The van der Waals surface area contributed by atoms with Crippen molar-refractivity contribution >= 4 is 11.7 Å². The van der Waals surface area contributed by atoms with E-state index in [9.17, 15) is 13.6 Å². The summed E-state index contributed by atoms with van der Waals surface area (Å²) in [6.07, 6.45) is 0. The first-order chi connectivity index (χ1) is 11.1. The molecule has 2 amide bonds.